The van der Waals surface area contributed by atoms with Gasteiger partial charge in [-0.1, -0.05) is 0 Å². The number of nitrogens with zero attached hydrogens (tertiary/aromatic N) is 5. The lowest BCUT2D eigenvalue weighted by atomic mass is 10.3. The molecule has 2 aromatic rings. The fraction of sp³-hybridized carbons (Fsp3) is 0.462. The standard InChI is InChI=1S/C13H15N5O4/c1-16-11-10(12(20)17(2)13(16)21)18(8-15-11)7-9(19)22-6-4-3-5-14/h8H,3-4,6-7H2,1-2H3. The third kappa shape index (κ3) is 2.76. The molecule has 2 rings (SSSR count). The minimum atomic E-state index is -0.534. The van der Waals surface area contributed by atoms with Gasteiger partial charge >= 0.3 is 11.7 Å². The number of nitriles is 1. The summed E-state index contributed by atoms with van der Waals surface area (Å²) in [6.45, 7) is -0.0357. The topological polar surface area (TPSA) is 112 Å². The summed E-state index contributed by atoms with van der Waals surface area (Å²) in [7, 11) is 2.86. The lowest BCUT2D eigenvalue weighted by molar-refractivity contribution is -0.144. The molecule has 0 aliphatic rings. The van der Waals surface area contributed by atoms with Gasteiger partial charge in [-0.2, -0.15) is 5.26 Å². The van der Waals surface area contributed by atoms with Crippen LogP contribution in [0.1, 0.15) is 12.8 Å². The van der Waals surface area contributed by atoms with E-state index in [1.54, 1.807) is 0 Å². The quantitative estimate of drug-likeness (QED) is 0.532. The van der Waals surface area contributed by atoms with E-state index in [0.29, 0.717) is 12.8 Å². The molecule has 0 saturated heterocycles. The van der Waals surface area contributed by atoms with Gasteiger partial charge in [-0.3, -0.25) is 18.7 Å². The number of aromatic nitrogens is 4. The van der Waals surface area contributed by atoms with Crippen molar-refractivity contribution in [2.24, 2.45) is 14.1 Å². The highest BCUT2D eigenvalue weighted by Crippen LogP contribution is 2.05. The zero-order valence-electron chi connectivity index (χ0n) is 12.3. The van der Waals surface area contributed by atoms with Crippen molar-refractivity contribution in [2.45, 2.75) is 19.4 Å². The van der Waals surface area contributed by atoms with Crippen LogP contribution in [0, 0.1) is 11.3 Å². The predicted molar refractivity (Wildman–Crippen MR) is 76.0 cm³/mol. The molecule has 2 aromatic heterocycles. The molecule has 0 atom stereocenters. The summed E-state index contributed by atoms with van der Waals surface area (Å²) >= 11 is 0. The molecule has 0 spiro atoms. The summed E-state index contributed by atoms with van der Waals surface area (Å²) in [5.74, 6) is -0.534. The Labute approximate surface area is 125 Å². The van der Waals surface area contributed by atoms with Crippen molar-refractivity contribution in [3.05, 3.63) is 27.2 Å². The van der Waals surface area contributed by atoms with Crippen LogP contribution in [0.2, 0.25) is 0 Å². The largest absolute Gasteiger partial charge is 0.464 e. The molecule has 116 valence electrons. The highest BCUT2D eigenvalue weighted by molar-refractivity contribution is 5.75. The molecule has 0 bridgehead atoms. The lowest BCUT2D eigenvalue weighted by Gasteiger charge is -2.07. The average molecular weight is 305 g/mol. The Morgan fingerprint density at radius 1 is 1.36 bits per heavy atom. The third-order valence-electron chi connectivity index (χ3n) is 3.21. The van der Waals surface area contributed by atoms with Crippen LogP contribution in [0.25, 0.3) is 11.2 Å². The van der Waals surface area contributed by atoms with Gasteiger partial charge in [-0.15, -0.1) is 0 Å². The van der Waals surface area contributed by atoms with Crippen molar-refractivity contribution in [1.82, 2.24) is 18.7 Å². The van der Waals surface area contributed by atoms with Gasteiger partial charge in [-0.05, 0) is 6.42 Å². The van der Waals surface area contributed by atoms with Crippen LogP contribution in [0.5, 0.6) is 0 Å². The fourth-order valence-electron chi connectivity index (χ4n) is 2.04. The van der Waals surface area contributed by atoms with E-state index in [9.17, 15) is 14.4 Å². The normalized spacial score (nSPS) is 10.6. The van der Waals surface area contributed by atoms with Crippen molar-refractivity contribution in [1.29, 1.82) is 5.26 Å². The third-order valence-corrected chi connectivity index (χ3v) is 3.21. The Balaban J connectivity index is 2.27. The zero-order chi connectivity index (χ0) is 16.3. The SMILES string of the molecule is Cn1c(=O)c2c(ncn2CC(=O)OCCCC#N)n(C)c1=O. The van der Waals surface area contributed by atoms with Crippen LogP contribution < -0.4 is 11.2 Å². The molecule has 0 amide bonds. The lowest BCUT2D eigenvalue weighted by Crippen LogP contribution is -2.37. The summed E-state index contributed by atoms with van der Waals surface area (Å²) in [4.78, 5) is 39.7. The molecule has 9 heteroatoms. The van der Waals surface area contributed by atoms with E-state index in [2.05, 4.69) is 4.98 Å². The van der Waals surface area contributed by atoms with Gasteiger partial charge in [0.25, 0.3) is 5.56 Å². The summed E-state index contributed by atoms with van der Waals surface area (Å²) in [5, 5.41) is 8.39. The number of fused-ring (bicyclic) bond motifs is 1. The van der Waals surface area contributed by atoms with Gasteiger partial charge in [0.1, 0.15) is 6.54 Å². The molecule has 2 heterocycles. The number of hydrogen-bond donors (Lipinski definition) is 0. The maximum atomic E-state index is 12.2. The Kier molecular flexibility index (Phi) is 4.41. The monoisotopic (exact) mass is 305 g/mol. The van der Waals surface area contributed by atoms with Crippen LogP contribution in [0.4, 0.5) is 0 Å². The molecule has 0 aliphatic carbocycles. The first-order valence-electron chi connectivity index (χ1n) is 6.60. The van der Waals surface area contributed by atoms with E-state index in [0.717, 1.165) is 4.57 Å². The number of ether oxygens (including phenoxy) is 1. The number of aryl methyl sites for hydroxylation is 1. The van der Waals surface area contributed by atoms with Crippen molar-refractivity contribution < 1.29 is 9.53 Å². The molecule has 0 radical (unpaired) electrons. The Hall–Kier alpha value is -2.89. The predicted octanol–water partition coefficient (Wildman–Crippen LogP) is -0.719. The van der Waals surface area contributed by atoms with E-state index in [1.807, 2.05) is 6.07 Å². The van der Waals surface area contributed by atoms with Gasteiger partial charge in [-0.25, -0.2) is 9.78 Å². The fourth-order valence-corrected chi connectivity index (χ4v) is 2.04. The number of carbonyl (C=O) groups excluding carboxylic acids is 1. The Morgan fingerprint density at radius 3 is 2.77 bits per heavy atom. The first kappa shape index (κ1) is 15.5. The molecule has 9 nitrogen and oxygen atoms in total. The average Bonchev–Trinajstić information content (AvgIpc) is 2.91. The van der Waals surface area contributed by atoms with Gasteiger partial charge in [0.05, 0.1) is 19.0 Å². The first-order valence-corrected chi connectivity index (χ1v) is 6.60. The van der Waals surface area contributed by atoms with Crippen molar-refractivity contribution >= 4 is 17.1 Å². The van der Waals surface area contributed by atoms with Crippen LogP contribution in [-0.2, 0) is 30.2 Å². The molecular weight excluding hydrogens is 290 g/mol. The molecule has 0 aromatic carbocycles. The molecular formula is C13H15N5O4. The number of imidazole rings is 1. The van der Waals surface area contributed by atoms with E-state index in [4.69, 9.17) is 10.00 Å². The number of hydrogen-bond acceptors (Lipinski definition) is 6. The minimum absolute atomic E-state index is 0.148. The molecule has 0 fully saturated rings. The van der Waals surface area contributed by atoms with Crippen molar-refractivity contribution in [2.75, 3.05) is 6.61 Å². The maximum Gasteiger partial charge on any atom is 0.332 e. The molecule has 0 N–H and O–H groups in total. The van der Waals surface area contributed by atoms with E-state index >= 15 is 0 Å². The summed E-state index contributed by atoms with van der Waals surface area (Å²) in [6, 6.07) is 1.95. The van der Waals surface area contributed by atoms with Crippen molar-refractivity contribution in [3.8, 4) is 6.07 Å². The number of carbonyl (C=O) groups is 1. The second-order valence-corrected chi connectivity index (χ2v) is 4.73. The highest BCUT2D eigenvalue weighted by atomic mass is 16.5. The first-order chi connectivity index (χ1) is 10.5. The second-order valence-electron chi connectivity index (χ2n) is 4.73. The Morgan fingerprint density at radius 2 is 2.09 bits per heavy atom. The smallest absolute Gasteiger partial charge is 0.332 e. The maximum absolute atomic E-state index is 12.2. The molecule has 22 heavy (non-hydrogen) atoms. The van der Waals surface area contributed by atoms with Gasteiger partial charge < -0.3 is 9.30 Å². The molecule has 0 aliphatic heterocycles. The van der Waals surface area contributed by atoms with E-state index < -0.39 is 17.2 Å². The van der Waals surface area contributed by atoms with Gasteiger partial charge in [0.2, 0.25) is 0 Å². The Bertz CT molecular complexity index is 867. The summed E-state index contributed by atoms with van der Waals surface area (Å²) in [6.07, 6.45) is 2.09. The minimum Gasteiger partial charge on any atom is -0.464 e. The number of esters is 1. The van der Waals surface area contributed by atoms with Crippen LogP contribution in [0.3, 0.4) is 0 Å². The van der Waals surface area contributed by atoms with Crippen LogP contribution in [-0.4, -0.2) is 31.3 Å². The van der Waals surface area contributed by atoms with E-state index in [-0.39, 0.29) is 24.3 Å². The van der Waals surface area contributed by atoms with Gasteiger partial charge in [0.15, 0.2) is 11.2 Å². The van der Waals surface area contributed by atoms with Crippen LogP contribution in [0.15, 0.2) is 15.9 Å². The summed E-state index contributed by atoms with van der Waals surface area (Å²) in [5.41, 5.74) is -0.626. The second kappa shape index (κ2) is 6.26. The van der Waals surface area contributed by atoms with Crippen molar-refractivity contribution in [3.63, 3.8) is 0 Å². The van der Waals surface area contributed by atoms with E-state index in [1.165, 1.54) is 29.6 Å². The van der Waals surface area contributed by atoms with Gasteiger partial charge in [0, 0.05) is 20.5 Å². The molecule has 0 saturated carbocycles. The number of rotatable bonds is 5. The zero-order valence-corrected chi connectivity index (χ0v) is 12.3. The summed E-state index contributed by atoms with van der Waals surface area (Å²) < 4.78 is 8.52. The highest BCUT2D eigenvalue weighted by Gasteiger charge is 2.16. The number of unbranched alkanes of at least 4 members (excludes halogenated alkanes) is 1. The van der Waals surface area contributed by atoms with Crippen LogP contribution >= 0.6 is 0 Å². The molecule has 0 unspecified atom stereocenters.